The van der Waals surface area contributed by atoms with Crippen LogP contribution in [0.3, 0.4) is 0 Å². The minimum absolute atomic E-state index is 0.00249. The van der Waals surface area contributed by atoms with E-state index < -0.39 is 0 Å². The maximum absolute atomic E-state index is 9.47. The van der Waals surface area contributed by atoms with Crippen LogP contribution < -0.4 is 14.8 Å². The lowest BCUT2D eigenvalue weighted by atomic mass is 10.0. The van der Waals surface area contributed by atoms with Crippen LogP contribution in [0.2, 0.25) is 0 Å². The quantitative estimate of drug-likeness (QED) is 0.484. The van der Waals surface area contributed by atoms with Gasteiger partial charge in [-0.15, -0.1) is 0 Å². The van der Waals surface area contributed by atoms with Crippen molar-refractivity contribution in [1.29, 1.82) is 0 Å². The van der Waals surface area contributed by atoms with E-state index in [0.29, 0.717) is 0 Å². The van der Waals surface area contributed by atoms with Crippen LogP contribution in [0.4, 0.5) is 11.4 Å². The summed E-state index contributed by atoms with van der Waals surface area (Å²) in [6.07, 6.45) is 0. The first-order valence-electron chi connectivity index (χ1n) is 9.06. The van der Waals surface area contributed by atoms with Crippen molar-refractivity contribution in [2.75, 3.05) is 19.5 Å². The zero-order valence-electron chi connectivity index (χ0n) is 16.1. The molecule has 0 aliphatic heterocycles. The third kappa shape index (κ3) is 3.21. The average molecular weight is 374 g/mol. The van der Waals surface area contributed by atoms with Crippen LogP contribution in [0.1, 0.15) is 11.1 Å². The molecule has 1 heterocycles. The van der Waals surface area contributed by atoms with Gasteiger partial charge in [0.2, 0.25) is 0 Å². The highest BCUT2D eigenvalue weighted by Crippen LogP contribution is 2.37. The van der Waals surface area contributed by atoms with Crippen LogP contribution in [-0.2, 0) is 6.61 Å². The molecule has 0 atom stereocenters. The summed E-state index contributed by atoms with van der Waals surface area (Å²) in [6.45, 7) is 2.02. The highest BCUT2D eigenvalue weighted by atomic mass is 16.5. The Kier molecular flexibility index (Phi) is 4.75. The minimum Gasteiger partial charge on any atom is -0.497 e. The highest BCUT2D eigenvalue weighted by molar-refractivity contribution is 6.09. The van der Waals surface area contributed by atoms with E-state index in [1.165, 1.54) is 0 Å². The van der Waals surface area contributed by atoms with Crippen molar-refractivity contribution in [2.45, 2.75) is 13.5 Å². The Morgan fingerprint density at radius 3 is 2.50 bits per heavy atom. The fraction of sp³-hybridized carbons (Fsp3) is 0.174. The Hall–Kier alpha value is -3.31. The molecule has 0 amide bonds. The van der Waals surface area contributed by atoms with Crippen molar-refractivity contribution in [2.24, 2.45) is 0 Å². The maximum Gasteiger partial charge on any atom is 0.123 e. The number of benzene rings is 3. The number of fused-ring (bicyclic) bond motifs is 2. The fourth-order valence-corrected chi connectivity index (χ4v) is 3.43. The second-order valence-corrected chi connectivity index (χ2v) is 6.69. The molecule has 0 aliphatic rings. The molecule has 0 aliphatic carbocycles. The van der Waals surface area contributed by atoms with Gasteiger partial charge in [0.15, 0.2) is 0 Å². The van der Waals surface area contributed by atoms with Crippen molar-refractivity contribution >= 4 is 33.2 Å². The molecule has 1 aromatic heterocycles. The van der Waals surface area contributed by atoms with Gasteiger partial charge in [0.05, 0.1) is 37.5 Å². The Morgan fingerprint density at radius 2 is 1.75 bits per heavy atom. The lowest BCUT2D eigenvalue weighted by Crippen LogP contribution is -1.98. The number of methoxy groups -OCH3 is 2. The summed E-state index contributed by atoms with van der Waals surface area (Å²) in [6, 6.07) is 17.6. The molecular weight excluding hydrogens is 352 g/mol. The molecule has 0 bridgehead atoms. The summed E-state index contributed by atoms with van der Waals surface area (Å²) in [5, 5.41) is 15.0. The van der Waals surface area contributed by atoms with E-state index in [0.717, 1.165) is 55.8 Å². The number of aliphatic hydroxyl groups excluding tert-OH is 1. The van der Waals surface area contributed by atoms with Crippen molar-refractivity contribution in [1.82, 2.24) is 4.98 Å². The minimum atomic E-state index is -0.00249. The van der Waals surface area contributed by atoms with E-state index in [2.05, 4.69) is 11.4 Å². The highest BCUT2D eigenvalue weighted by Gasteiger charge is 2.13. The van der Waals surface area contributed by atoms with Gasteiger partial charge in [-0.1, -0.05) is 12.1 Å². The monoisotopic (exact) mass is 374 g/mol. The molecule has 2 N–H and O–H groups in total. The van der Waals surface area contributed by atoms with Gasteiger partial charge in [-0.05, 0) is 54.4 Å². The summed E-state index contributed by atoms with van der Waals surface area (Å²) in [7, 11) is 3.32. The van der Waals surface area contributed by atoms with Crippen molar-refractivity contribution in [3.05, 3.63) is 65.7 Å². The number of hydrogen-bond donors (Lipinski definition) is 2. The molecule has 5 heteroatoms. The van der Waals surface area contributed by atoms with Gasteiger partial charge >= 0.3 is 0 Å². The number of nitrogens with zero attached hydrogens (tertiary/aromatic N) is 1. The zero-order valence-corrected chi connectivity index (χ0v) is 16.1. The summed E-state index contributed by atoms with van der Waals surface area (Å²) < 4.78 is 10.9. The van der Waals surface area contributed by atoms with E-state index in [1.807, 2.05) is 55.5 Å². The van der Waals surface area contributed by atoms with Gasteiger partial charge in [-0.3, -0.25) is 0 Å². The lowest BCUT2D eigenvalue weighted by Gasteiger charge is -2.16. The second-order valence-electron chi connectivity index (χ2n) is 6.69. The fourth-order valence-electron chi connectivity index (χ4n) is 3.43. The molecule has 0 spiro atoms. The van der Waals surface area contributed by atoms with Crippen LogP contribution in [0.25, 0.3) is 21.8 Å². The molecule has 0 radical (unpaired) electrons. The van der Waals surface area contributed by atoms with Gasteiger partial charge < -0.3 is 19.9 Å². The van der Waals surface area contributed by atoms with Crippen LogP contribution in [0.5, 0.6) is 11.5 Å². The molecule has 0 unspecified atom stereocenters. The van der Waals surface area contributed by atoms with Crippen molar-refractivity contribution in [3.63, 3.8) is 0 Å². The molecule has 0 saturated heterocycles. The summed E-state index contributed by atoms with van der Waals surface area (Å²) >= 11 is 0. The number of ether oxygens (including phenoxy) is 2. The molecule has 5 nitrogen and oxygen atoms in total. The molecule has 4 rings (SSSR count). The van der Waals surface area contributed by atoms with Crippen LogP contribution >= 0.6 is 0 Å². The summed E-state index contributed by atoms with van der Waals surface area (Å²) in [5.41, 5.74) is 5.44. The Bertz CT molecular complexity index is 1170. The average Bonchev–Trinajstić information content (AvgIpc) is 2.73. The van der Waals surface area contributed by atoms with Crippen LogP contribution in [0, 0.1) is 6.92 Å². The smallest absolute Gasteiger partial charge is 0.123 e. The number of nitrogens with one attached hydrogen (secondary N) is 1. The van der Waals surface area contributed by atoms with E-state index in [4.69, 9.17) is 14.5 Å². The van der Waals surface area contributed by atoms with Gasteiger partial charge in [0.1, 0.15) is 11.5 Å². The van der Waals surface area contributed by atoms with Crippen LogP contribution in [0.15, 0.2) is 54.6 Å². The van der Waals surface area contributed by atoms with Crippen molar-refractivity contribution < 1.29 is 14.6 Å². The lowest BCUT2D eigenvalue weighted by molar-refractivity contribution is 0.282. The molecule has 0 saturated carbocycles. The molecular formula is C23H22N2O3. The van der Waals surface area contributed by atoms with E-state index >= 15 is 0 Å². The third-order valence-electron chi connectivity index (χ3n) is 4.88. The van der Waals surface area contributed by atoms with Crippen molar-refractivity contribution in [3.8, 4) is 11.5 Å². The van der Waals surface area contributed by atoms with Crippen LogP contribution in [-0.4, -0.2) is 24.3 Å². The number of aliphatic hydroxyl groups is 1. The number of hydrogen-bond acceptors (Lipinski definition) is 5. The predicted octanol–water partition coefficient (Wildman–Crippen LogP) is 4.95. The summed E-state index contributed by atoms with van der Waals surface area (Å²) in [4.78, 5) is 4.82. The number of pyridine rings is 1. The molecule has 3 aromatic carbocycles. The summed E-state index contributed by atoms with van der Waals surface area (Å²) in [5.74, 6) is 1.58. The SMILES string of the molecule is COc1ccc2nc3cc(OC)c(C)cc3c(Nc3cccc(CO)c3)c2c1. The number of aromatic nitrogens is 1. The standard InChI is InChI=1S/C23H22N2O3/c1-14-9-18-21(12-22(14)28-3)25-20-8-7-17(27-2)11-19(20)23(18)24-16-6-4-5-15(10-16)13-26/h4-12,26H,13H2,1-3H3,(H,24,25). The topological polar surface area (TPSA) is 63.6 Å². The largest absolute Gasteiger partial charge is 0.497 e. The van der Waals surface area contributed by atoms with Gasteiger partial charge in [0.25, 0.3) is 0 Å². The van der Waals surface area contributed by atoms with E-state index in [9.17, 15) is 5.11 Å². The number of rotatable bonds is 5. The first kappa shape index (κ1) is 18.1. The Labute approximate surface area is 163 Å². The van der Waals surface area contributed by atoms with Gasteiger partial charge in [0, 0.05) is 22.5 Å². The normalized spacial score (nSPS) is 11.0. The maximum atomic E-state index is 9.47. The first-order valence-corrected chi connectivity index (χ1v) is 9.06. The molecule has 142 valence electrons. The van der Waals surface area contributed by atoms with Gasteiger partial charge in [-0.2, -0.15) is 0 Å². The predicted molar refractivity (Wildman–Crippen MR) is 113 cm³/mol. The first-order chi connectivity index (χ1) is 13.6. The Balaban J connectivity index is 2.00. The number of aryl methyl sites for hydroxylation is 1. The van der Waals surface area contributed by atoms with E-state index in [-0.39, 0.29) is 6.61 Å². The molecule has 0 fully saturated rings. The Morgan fingerprint density at radius 1 is 0.929 bits per heavy atom. The second kappa shape index (κ2) is 7.37. The van der Waals surface area contributed by atoms with E-state index in [1.54, 1.807) is 14.2 Å². The van der Waals surface area contributed by atoms with Gasteiger partial charge in [-0.25, -0.2) is 4.98 Å². The molecule has 4 aromatic rings. The zero-order chi connectivity index (χ0) is 19.7. The molecule has 28 heavy (non-hydrogen) atoms. The number of anilines is 2. The third-order valence-corrected chi connectivity index (χ3v) is 4.88.